The second-order valence-corrected chi connectivity index (χ2v) is 9.76. The molecule has 2 amide bonds. The van der Waals surface area contributed by atoms with Gasteiger partial charge in [-0.15, -0.1) is 0 Å². The van der Waals surface area contributed by atoms with Crippen molar-refractivity contribution in [3.63, 3.8) is 0 Å². The number of rotatable bonds is 5. The molecule has 1 N–H and O–H groups in total. The lowest BCUT2D eigenvalue weighted by molar-refractivity contribution is -0.129. The molecule has 7 heteroatoms. The van der Waals surface area contributed by atoms with Crippen molar-refractivity contribution in [1.82, 2.24) is 14.7 Å². The van der Waals surface area contributed by atoms with Crippen molar-refractivity contribution in [2.45, 2.75) is 57.3 Å². The van der Waals surface area contributed by atoms with E-state index in [0.29, 0.717) is 19.5 Å². The van der Waals surface area contributed by atoms with Crippen molar-refractivity contribution in [1.29, 1.82) is 0 Å². The number of piperidine rings is 1. The fraction of sp³-hybridized carbons (Fsp3) is 0.600. The molecule has 0 bridgehead atoms. The zero-order chi connectivity index (χ0) is 22.1. The topological polar surface area (TPSA) is 73.3 Å². The predicted molar refractivity (Wildman–Crippen MR) is 119 cm³/mol. The van der Waals surface area contributed by atoms with Crippen LogP contribution in [0, 0.1) is 5.41 Å². The van der Waals surface area contributed by atoms with E-state index in [4.69, 9.17) is 4.74 Å². The minimum Gasteiger partial charge on any atom is -0.445 e. The SMILES string of the molecule is O=C(OCc1ccccc1)N1CCC(=O)N2C(CCN3CCC4(CC4)[C@H](O)C3)=CCC2C1. The van der Waals surface area contributed by atoms with Gasteiger partial charge in [-0.25, -0.2) is 4.79 Å². The normalized spacial score (nSPS) is 27.2. The molecule has 172 valence electrons. The van der Waals surface area contributed by atoms with E-state index in [-0.39, 0.29) is 36.2 Å². The van der Waals surface area contributed by atoms with Gasteiger partial charge in [0.2, 0.25) is 5.91 Å². The Morgan fingerprint density at radius 2 is 1.94 bits per heavy atom. The molecule has 5 rings (SSSR count). The Morgan fingerprint density at radius 3 is 2.69 bits per heavy atom. The Kier molecular flexibility index (Phi) is 5.95. The van der Waals surface area contributed by atoms with Gasteiger partial charge >= 0.3 is 6.09 Å². The number of hydrogen-bond donors (Lipinski definition) is 1. The van der Waals surface area contributed by atoms with Crippen molar-refractivity contribution in [2.24, 2.45) is 5.41 Å². The van der Waals surface area contributed by atoms with E-state index >= 15 is 0 Å². The van der Waals surface area contributed by atoms with Gasteiger partial charge in [0.1, 0.15) is 6.61 Å². The van der Waals surface area contributed by atoms with E-state index in [0.717, 1.165) is 50.2 Å². The highest BCUT2D eigenvalue weighted by atomic mass is 16.6. The van der Waals surface area contributed by atoms with E-state index in [1.54, 1.807) is 4.90 Å². The van der Waals surface area contributed by atoms with Crippen LogP contribution in [0.5, 0.6) is 0 Å². The highest BCUT2D eigenvalue weighted by Crippen LogP contribution is 2.53. The monoisotopic (exact) mass is 439 g/mol. The maximum absolute atomic E-state index is 12.9. The van der Waals surface area contributed by atoms with Gasteiger partial charge in [0, 0.05) is 44.7 Å². The van der Waals surface area contributed by atoms with E-state index in [1.165, 1.54) is 12.8 Å². The highest BCUT2D eigenvalue weighted by Gasteiger charge is 2.51. The van der Waals surface area contributed by atoms with Crippen molar-refractivity contribution in [2.75, 3.05) is 32.7 Å². The molecular formula is C25H33N3O4. The van der Waals surface area contributed by atoms with Gasteiger partial charge in [-0.1, -0.05) is 36.4 Å². The molecule has 2 atom stereocenters. The summed E-state index contributed by atoms with van der Waals surface area (Å²) >= 11 is 0. The number of hydrogen-bond acceptors (Lipinski definition) is 5. The van der Waals surface area contributed by atoms with E-state index in [2.05, 4.69) is 11.0 Å². The molecule has 1 unspecified atom stereocenters. The third-order valence-electron chi connectivity index (χ3n) is 7.70. The van der Waals surface area contributed by atoms with Gasteiger partial charge in [-0.3, -0.25) is 4.79 Å². The van der Waals surface area contributed by atoms with Crippen LogP contribution in [0.1, 0.15) is 44.1 Å². The third-order valence-corrected chi connectivity index (χ3v) is 7.70. The number of β-amino-alcohol motifs (C(OH)–C–C–N with tert-alkyl or cyclic N) is 1. The summed E-state index contributed by atoms with van der Waals surface area (Å²) in [5.41, 5.74) is 2.24. The summed E-state index contributed by atoms with van der Waals surface area (Å²) in [5.74, 6) is 0.0905. The molecular weight excluding hydrogens is 406 g/mol. The molecule has 3 heterocycles. The quantitative estimate of drug-likeness (QED) is 0.764. The first-order chi connectivity index (χ1) is 15.5. The molecule has 1 aromatic rings. The Balaban J connectivity index is 1.13. The molecule has 1 aliphatic carbocycles. The smallest absolute Gasteiger partial charge is 0.410 e. The summed E-state index contributed by atoms with van der Waals surface area (Å²) in [6.07, 6.45) is 6.91. The van der Waals surface area contributed by atoms with Crippen LogP contribution in [-0.4, -0.2) is 76.7 Å². The van der Waals surface area contributed by atoms with Gasteiger partial charge in [-0.2, -0.15) is 0 Å². The standard InChI is InChI=1S/C25H33N3O4/c29-22-17-26(15-12-25(22)10-11-25)13-8-20-6-7-21-16-27(14-9-23(30)28(20)21)24(31)32-18-19-4-2-1-3-5-19/h1-6,21-22,29H,7-18H2/t21?,22-/m1/s1. The minimum atomic E-state index is -0.353. The number of carbonyl (C=O) groups excluding carboxylic acids is 2. The fourth-order valence-corrected chi connectivity index (χ4v) is 5.42. The van der Waals surface area contributed by atoms with Gasteiger partial charge in [-0.05, 0) is 43.2 Å². The average molecular weight is 440 g/mol. The van der Waals surface area contributed by atoms with Gasteiger partial charge < -0.3 is 24.5 Å². The summed E-state index contributed by atoms with van der Waals surface area (Å²) in [7, 11) is 0. The first kappa shape index (κ1) is 21.5. The summed E-state index contributed by atoms with van der Waals surface area (Å²) in [6.45, 7) is 3.77. The number of amides is 2. The van der Waals surface area contributed by atoms with Crippen molar-refractivity contribution < 1.29 is 19.4 Å². The molecule has 1 aromatic carbocycles. The average Bonchev–Trinajstić information content (AvgIpc) is 3.52. The zero-order valence-corrected chi connectivity index (χ0v) is 18.6. The zero-order valence-electron chi connectivity index (χ0n) is 18.6. The first-order valence-corrected chi connectivity index (χ1v) is 11.9. The van der Waals surface area contributed by atoms with E-state index in [1.807, 2.05) is 35.2 Å². The highest BCUT2D eigenvalue weighted by molar-refractivity contribution is 5.80. The van der Waals surface area contributed by atoms with Crippen molar-refractivity contribution >= 4 is 12.0 Å². The molecule has 32 heavy (non-hydrogen) atoms. The Morgan fingerprint density at radius 1 is 1.12 bits per heavy atom. The summed E-state index contributed by atoms with van der Waals surface area (Å²) < 4.78 is 5.50. The molecule has 2 saturated heterocycles. The van der Waals surface area contributed by atoms with E-state index in [9.17, 15) is 14.7 Å². The number of carbonyl (C=O) groups is 2. The van der Waals surface area contributed by atoms with Crippen LogP contribution in [-0.2, 0) is 16.1 Å². The third kappa shape index (κ3) is 4.41. The van der Waals surface area contributed by atoms with Crippen LogP contribution < -0.4 is 0 Å². The lowest BCUT2D eigenvalue weighted by atomic mass is 9.90. The number of aliphatic hydroxyl groups is 1. The van der Waals surface area contributed by atoms with Crippen LogP contribution in [0.2, 0.25) is 0 Å². The number of aliphatic hydroxyl groups excluding tert-OH is 1. The molecule has 1 spiro atoms. The molecule has 0 radical (unpaired) electrons. The van der Waals surface area contributed by atoms with Crippen molar-refractivity contribution in [3.8, 4) is 0 Å². The lowest BCUT2D eigenvalue weighted by Gasteiger charge is -2.37. The first-order valence-electron chi connectivity index (χ1n) is 11.9. The number of benzene rings is 1. The van der Waals surface area contributed by atoms with Gasteiger partial charge in [0.05, 0.1) is 12.1 Å². The maximum atomic E-state index is 12.9. The van der Waals surface area contributed by atoms with Crippen LogP contribution >= 0.6 is 0 Å². The number of fused-ring (bicyclic) bond motifs is 1. The maximum Gasteiger partial charge on any atom is 0.410 e. The van der Waals surface area contributed by atoms with Gasteiger partial charge in [0.25, 0.3) is 0 Å². The molecule has 3 aliphatic heterocycles. The predicted octanol–water partition coefficient (Wildman–Crippen LogP) is 2.75. The number of nitrogens with zero attached hydrogens (tertiary/aromatic N) is 3. The van der Waals surface area contributed by atoms with Crippen LogP contribution in [0.25, 0.3) is 0 Å². The summed E-state index contributed by atoms with van der Waals surface area (Å²) in [4.78, 5) is 31.5. The Hall–Kier alpha value is -2.38. The summed E-state index contributed by atoms with van der Waals surface area (Å²) in [5, 5.41) is 10.5. The largest absolute Gasteiger partial charge is 0.445 e. The van der Waals surface area contributed by atoms with E-state index < -0.39 is 0 Å². The Bertz CT molecular complexity index is 882. The molecule has 7 nitrogen and oxygen atoms in total. The molecule has 4 aliphatic rings. The molecule has 0 aromatic heterocycles. The lowest BCUT2D eigenvalue weighted by Crippen LogP contribution is -2.46. The van der Waals surface area contributed by atoms with Crippen LogP contribution in [0.15, 0.2) is 42.1 Å². The minimum absolute atomic E-state index is 0.00838. The van der Waals surface area contributed by atoms with Crippen molar-refractivity contribution in [3.05, 3.63) is 47.7 Å². The van der Waals surface area contributed by atoms with Gasteiger partial charge in [0.15, 0.2) is 0 Å². The van der Waals surface area contributed by atoms with Crippen LogP contribution in [0.3, 0.4) is 0 Å². The van der Waals surface area contributed by atoms with Crippen LogP contribution in [0.4, 0.5) is 4.79 Å². The fourth-order valence-electron chi connectivity index (χ4n) is 5.42. The number of ether oxygens (including phenoxy) is 1. The summed E-state index contributed by atoms with van der Waals surface area (Å²) in [6, 6.07) is 9.63. The second-order valence-electron chi connectivity index (χ2n) is 9.76. The Labute approximate surface area is 189 Å². The number of likely N-dealkylation sites (tertiary alicyclic amines) is 1. The second kappa shape index (κ2) is 8.87. The molecule has 1 saturated carbocycles. The molecule has 3 fully saturated rings.